The van der Waals surface area contributed by atoms with Crippen LogP contribution in [0.4, 0.5) is 5.69 Å². The molecule has 0 heterocycles. The summed E-state index contributed by atoms with van der Waals surface area (Å²) < 4.78 is 11.4. The average Bonchev–Trinajstić information content (AvgIpc) is 2.50. The lowest BCUT2D eigenvalue weighted by Gasteiger charge is -2.15. The zero-order valence-corrected chi connectivity index (χ0v) is 14.8. The van der Waals surface area contributed by atoms with Gasteiger partial charge in [0.05, 0.1) is 7.11 Å². The topological polar surface area (TPSA) is 46.6 Å². The van der Waals surface area contributed by atoms with Crippen LogP contribution in [0.15, 0.2) is 30.3 Å². The first-order valence-electron chi connectivity index (χ1n) is 7.28. The van der Waals surface area contributed by atoms with Gasteiger partial charge in [-0.3, -0.25) is 0 Å². The van der Waals surface area contributed by atoms with Crippen LogP contribution >= 0.6 is 0 Å². The molecule has 4 nitrogen and oxygen atoms in total. The van der Waals surface area contributed by atoms with Crippen molar-refractivity contribution in [3.63, 3.8) is 0 Å². The summed E-state index contributed by atoms with van der Waals surface area (Å²) in [5.41, 5.74) is 3.49. The van der Waals surface area contributed by atoms with Crippen molar-refractivity contribution in [2.24, 2.45) is 0 Å². The number of ether oxygens (including phenoxy) is 2. The van der Waals surface area contributed by atoms with Gasteiger partial charge in [-0.1, -0.05) is 13.8 Å². The molecule has 0 amide bonds. The molecule has 122 valence electrons. The van der Waals surface area contributed by atoms with E-state index in [-0.39, 0.29) is 12.4 Å². The van der Waals surface area contributed by atoms with Crippen LogP contribution in [0, 0.1) is 19.2 Å². The van der Waals surface area contributed by atoms with Gasteiger partial charge < -0.3 is 21.9 Å². The molecule has 0 saturated heterocycles. The zero-order chi connectivity index (χ0) is 16.3. The lowest BCUT2D eigenvalue weighted by molar-refractivity contribution is -0.00000572. The van der Waals surface area contributed by atoms with E-state index in [1.807, 2.05) is 32.0 Å². The van der Waals surface area contributed by atoms with Crippen molar-refractivity contribution in [3.05, 3.63) is 52.0 Å². The number of nitrogens with zero attached hydrogens (tertiary/aromatic N) is 2. The van der Waals surface area contributed by atoms with Gasteiger partial charge in [0.15, 0.2) is 4.98 Å². The fourth-order valence-corrected chi connectivity index (χ4v) is 2.49. The van der Waals surface area contributed by atoms with Crippen LogP contribution in [0.2, 0.25) is 0 Å². The number of diazo groups is 1. The molecular weight excluding hydrogens is 312 g/mol. The zero-order valence-electron chi connectivity index (χ0n) is 14.1. The summed E-state index contributed by atoms with van der Waals surface area (Å²) in [6.07, 6.45) is 0. The summed E-state index contributed by atoms with van der Waals surface area (Å²) >= 11 is 0. The highest BCUT2D eigenvalue weighted by molar-refractivity contribution is 5.56. The minimum absolute atomic E-state index is 0. The third-order valence-electron chi connectivity index (χ3n) is 3.60. The highest BCUT2D eigenvalue weighted by Gasteiger charge is 2.15. The lowest BCUT2D eigenvalue weighted by Crippen LogP contribution is -3.00. The van der Waals surface area contributed by atoms with E-state index < -0.39 is 0 Å². The van der Waals surface area contributed by atoms with Crippen molar-refractivity contribution in [1.29, 1.82) is 5.39 Å². The van der Waals surface area contributed by atoms with E-state index in [4.69, 9.17) is 14.9 Å². The summed E-state index contributed by atoms with van der Waals surface area (Å²) in [6, 6.07) is 9.40. The Bertz CT molecular complexity index is 713. The van der Waals surface area contributed by atoms with Crippen molar-refractivity contribution in [2.75, 3.05) is 7.11 Å². The van der Waals surface area contributed by atoms with Crippen LogP contribution in [0.3, 0.4) is 0 Å². The third kappa shape index (κ3) is 4.14. The second-order valence-electron chi connectivity index (χ2n) is 5.67. The first-order valence-corrected chi connectivity index (χ1v) is 7.28. The number of aryl methyl sites for hydroxylation is 2. The molecule has 0 radical (unpaired) electrons. The van der Waals surface area contributed by atoms with Gasteiger partial charge >= 0.3 is 5.69 Å². The smallest absolute Gasteiger partial charge is 0.385 e. The molecule has 0 spiro atoms. The van der Waals surface area contributed by atoms with Crippen LogP contribution < -0.4 is 21.9 Å². The maximum Gasteiger partial charge on any atom is 0.385 e. The highest BCUT2D eigenvalue weighted by atomic mass is 35.5. The van der Waals surface area contributed by atoms with Gasteiger partial charge in [0, 0.05) is 17.7 Å². The molecule has 5 heteroatoms. The predicted octanol–water partition coefficient (Wildman–Crippen LogP) is 2.72. The van der Waals surface area contributed by atoms with Crippen LogP contribution in [0.25, 0.3) is 4.98 Å². The Morgan fingerprint density at radius 1 is 1.04 bits per heavy atom. The number of rotatable bonds is 4. The molecule has 2 aromatic carbocycles. The summed E-state index contributed by atoms with van der Waals surface area (Å²) in [6.45, 7) is 8.11. The standard InChI is InChI=1S/C18H21N2O2.ClH/c1-11(2)16-10-15(6-7-17(16)21-5)22-18-12(3)8-14(20-19)9-13(18)4;/h6-11H,1-5H3;1H/q+1;/p-1. The van der Waals surface area contributed by atoms with E-state index in [0.717, 1.165) is 33.9 Å². The number of hydrogen-bond acceptors (Lipinski definition) is 3. The van der Waals surface area contributed by atoms with Crippen molar-refractivity contribution >= 4 is 5.69 Å². The maximum absolute atomic E-state index is 8.89. The molecule has 0 aliphatic rings. The van der Waals surface area contributed by atoms with Crippen LogP contribution in [0.5, 0.6) is 17.2 Å². The van der Waals surface area contributed by atoms with Crippen LogP contribution in [-0.4, -0.2) is 7.11 Å². The van der Waals surface area contributed by atoms with Gasteiger partial charge in [0.25, 0.3) is 0 Å². The lowest BCUT2D eigenvalue weighted by atomic mass is 10.0. The Morgan fingerprint density at radius 3 is 2.13 bits per heavy atom. The normalized spacial score (nSPS) is 9.96. The molecule has 0 bridgehead atoms. The van der Waals surface area contributed by atoms with Gasteiger partial charge in [0.1, 0.15) is 17.2 Å². The molecule has 0 saturated carbocycles. The monoisotopic (exact) mass is 332 g/mol. The minimum Gasteiger partial charge on any atom is -1.00 e. The number of hydrogen-bond donors (Lipinski definition) is 0. The van der Waals surface area contributed by atoms with E-state index in [1.54, 1.807) is 19.2 Å². The van der Waals surface area contributed by atoms with E-state index in [2.05, 4.69) is 18.8 Å². The largest absolute Gasteiger partial charge is 1.00 e. The number of methoxy groups -OCH3 is 1. The van der Waals surface area contributed by atoms with Gasteiger partial charge in [-0.05, 0) is 49.1 Å². The van der Waals surface area contributed by atoms with Crippen LogP contribution in [-0.2, 0) is 0 Å². The maximum atomic E-state index is 8.89. The highest BCUT2D eigenvalue weighted by Crippen LogP contribution is 2.35. The quantitative estimate of drug-likeness (QED) is 0.809. The Kier molecular flexibility index (Phi) is 6.41. The molecule has 0 aliphatic heterocycles. The summed E-state index contributed by atoms with van der Waals surface area (Å²) in [4.78, 5) is 3.23. The molecule has 2 rings (SSSR count). The van der Waals surface area contributed by atoms with Crippen molar-refractivity contribution in [1.82, 2.24) is 0 Å². The molecule has 0 aliphatic carbocycles. The second kappa shape index (κ2) is 7.85. The fourth-order valence-electron chi connectivity index (χ4n) is 2.49. The van der Waals surface area contributed by atoms with E-state index in [1.165, 1.54) is 0 Å². The summed E-state index contributed by atoms with van der Waals surface area (Å²) in [7, 11) is 1.67. The molecule has 0 fully saturated rings. The molecule has 0 aromatic heterocycles. The van der Waals surface area contributed by atoms with Gasteiger partial charge in [0.2, 0.25) is 5.39 Å². The molecule has 2 aromatic rings. The Balaban J connectivity index is 0.00000264. The van der Waals surface area contributed by atoms with Gasteiger partial charge in [-0.2, -0.15) is 0 Å². The van der Waals surface area contributed by atoms with Crippen LogP contribution in [0.1, 0.15) is 36.5 Å². The first-order chi connectivity index (χ1) is 10.5. The molecule has 0 unspecified atom stereocenters. The van der Waals surface area contributed by atoms with E-state index >= 15 is 0 Å². The second-order valence-corrected chi connectivity index (χ2v) is 5.67. The van der Waals surface area contributed by atoms with E-state index in [0.29, 0.717) is 11.6 Å². The molecular formula is C18H21ClN2O2. The summed E-state index contributed by atoms with van der Waals surface area (Å²) in [5, 5.41) is 8.89. The van der Waals surface area contributed by atoms with E-state index in [9.17, 15) is 0 Å². The third-order valence-corrected chi connectivity index (χ3v) is 3.60. The minimum atomic E-state index is 0. The van der Waals surface area contributed by atoms with Gasteiger partial charge in [-0.15, -0.1) is 0 Å². The van der Waals surface area contributed by atoms with Crippen molar-refractivity contribution < 1.29 is 21.9 Å². The number of benzene rings is 2. The first kappa shape index (κ1) is 18.8. The molecule has 0 N–H and O–H groups in total. The predicted molar refractivity (Wildman–Crippen MR) is 87.8 cm³/mol. The Labute approximate surface area is 143 Å². The Morgan fingerprint density at radius 2 is 1.65 bits per heavy atom. The summed E-state index contributed by atoms with van der Waals surface area (Å²) in [5.74, 6) is 2.76. The Hall–Kier alpha value is -2.25. The molecule has 0 atom stereocenters. The van der Waals surface area contributed by atoms with Crippen molar-refractivity contribution in [3.8, 4) is 17.2 Å². The number of halogens is 1. The SMILES string of the molecule is COc1ccc(Oc2c(C)cc([N+]#N)cc2C)cc1C(C)C.[Cl-]. The van der Waals surface area contributed by atoms with Crippen molar-refractivity contribution in [2.45, 2.75) is 33.6 Å². The van der Waals surface area contributed by atoms with Gasteiger partial charge in [-0.25, -0.2) is 0 Å². The molecule has 23 heavy (non-hydrogen) atoms. The average molecular weight is 333 g/mol. The fraction of sp³-hybridized carbons (Fsp3) is 0.333.